The largest absolute Gasteiger partial charge is 0.341 e. The van der Waals surface area contributed by atoms with Crippen LogP contribution in [0.1, 0.15) is 43.6 Å². The van der Waals surface area contributed by atoms with Crippen LogP contribution in [0.15, 0.2) is 61.2 Å². The molecule has 1 amide bonds. The summed E-state index contributed by atoms with van der Waals surface area (Å²) in [7, 11) is 0. The van der Waals surface area contributed by atoms with Crippen LogP contribution in [0.2, 0.25) is 0 Å². The summed E-state index contributed by atoms with van der Waals surface area (Å²) in [6.45, 7) is 10.1. The third-order valence-corrected chi connectivity index (χ3v) is 6.30. The van der Waals surface area contributed by atoms with Gasteiger partial charge in [0.25, 0.3) is 0 Å². The molecular formula is C27H33N5O. The number of benzene rings is 1. The number of likely N-dealkylation sites (N-methyl/N-ethyl adjacent to an activating group) is 1. The van der Waals surface area contributed by atoms with Crippen LogP contribution in [0, 0.1) is 5.92 Å². The van der Waals surface area contributed by atoms with Crippen molar-refractivity contribution in [1.29, 1.82) is 0 Å². The van der Waals surface area contributed by atoms with E-state index in [0.29, 0.717) is 5.92 Å². The molecule has 33 heavy (non-hydrogen) atoms. The van der Waals surface area contributed by atoms with E-state index in [2.05, 4.69) is 64.9 Å². The van der Waals surface area contributed by atoms with E-state index < -0.39 is 0 Å². The van der Waals surface area contributed by atoms with E-state index in [1.165, 1.54) is 5.56 Å². The van der Waals surface area contributed by atoms with Gasteiger partial charge < -0.3 is 4.90 Å². The minimum atomic E-state index is -0.0601. The molecule has 172 valence electrons. The van der Waals surface area contributed by atoms with E-state index in [1.54, 1.807) is 0 Å². The Labute approximate surface area is 196 Å². The van der Waals surface area contributed by atoms with Crippen LogP contribution < -0.4 is 0 Å². The highest BCUT2D eigenvalue weighted by Gasteiger charge is 2.29. The van der Waals surface area contributed by atoms with Gasteiger partial charge in [0.05, 0.1) is 5.92 Å². The third-order valence-electron chi connectivity index (χ3n) is 6.30. The number of pyridine rings is 1. The zero-order chi connectivity index (χ0) is 23.2. The van der Waals surface area contributed by atoms with Crippen molar-refractivity contribution in [2.45, 2.75) is 39.7 Å². The standard InChI is InChI=1S/C27H33N5O/c1-4-32-14-13-31(18-22-16-29-26(20(2)3)30-17-22)19-25(27(32)33)15-21-5-7-23(8-6-21)24-9-11-28-12-10-24/h5-12,16-17,20,25H,4,13-15,18-19H2,1-3H3/t25-/m1/s1. The number of carbonyl (C=O) groups is 1. The van der Waals surface area contributed by atoms with Crippen molar-refractivity contribution in [3.05, 3.63) is 78.1 Å². The lowest BCUT2D eigenvalue weighted by molar-refractivity contribution is -0.134. The molecule has 1 aliphatic heterocycles. The van der Waals surface area contributed by atoms with Crippen molar-refractivity contribution in [2.75, 3.05) is 26.2 Å². The fraction of sp³-hybridized carbons (Fsp3) is 0.407. The highest BCUT2D eigenvalue weighted by atomic mass is 16.2. The summed E-state index contributed by atoms with van der Waals surface area (Å²) in [6.07, 6.45) is 8.22. The fourth-order valence-electron chi connectivity index (χ4n) is 4.39. The van der Waals surface area contributed by atoms with Crippen LogP contribution >= 0.6 is 0 Å². The van der Waals surface area contributed by atoms with E-state index in [4.69, 9.17) is 0 Å². The predicted molar refractivity (Wildman–Crippen MR) is 131 cm³/mol. The monoisotopic (exact) mass is 443 g/mol. The van der Waals surface area contributed by atoms with E-state index in [-0.39, 0.29) is 11.8 Å². The first-order valence-electron chi connectivity index (χ1n) is 11.8. The minimum absolute atomic E-state index is 0.0601. The van der Waals surface area contributed by atoms with Gasteiger partial charge in [-0.25, -0.2) is 9.97 Å². The van der Waals surface area contributed by atoms with Crippen LogP contribution in [-0.2, 0) is 17.8 Å². The maximum Gasteiger partial charge on any atom is 0.227 e. The van der Waals surface area contributed by atoms with Gasteiger partial charge in [-0.3, -0.25) is 14.7 Å². The molecule has 0 saturated carbocycles. The maximum atomic E-state index is 13.3. The number of hydrogen-bond donors (Lipinski definition) is 0. The SMILES string of the molecule is CCN1CCN(Cc2cnc(C(C)C)nc2)C[C@@H](Cc2ccc(-c3ccncc3)cc2)C1=O. The molecule has 3 aromatic rings. The molecule has 1 aromatic carbocycles. The van der Waals surface area contributed by atoms with Gasteiger partial charge in [0.2, 0.25) is 5.91 Å². The Kier molecular flexibility index (Phi) is 7.45. The Balaban J connectivity index is 1.47. The van der Waals surface area contributed by atoms with Gasteiger partial charge >= 0.3 is 0 Å². The summed E-state index contributed by atoms with van der Waals surface area (Å²) in [4.78, 5) is 30.7. The molecule has 2 aromatic heterocycles. The van der Waals surface area contributed by atoms with E-state index in [9.17, 15) is 4.79 Å². The van der Waals surface area contributed by atoms with E-state index >= 15 is 0 Å². The first-order chi connectivity index (χ1) is 16.0. The summed E-state index contributed by atoms with van der Waals surface area (Å²) in [6, 6.07) is 12.6. The zero-order valence-corrected chi connectivity index (χ0v) is 19.8. The number of nitrogens with zero attached hydrogens (tertiary/aromatic N) is 5. The molecule has 1 aliphatic rings. The molecule has 4 rings (SSSR count). The first-order valence-corrected chi connectivity index (χ1v) is 11.8. The summed E-state index contributed by atoms with van der Waals surface area (Å²) < 4.78 is 0. The van der Waals surface area contributed by atoms with Crippen LogP contribution in [0.25, 0.3) is 11.1 Å². The number of hydrogen-bond acceptors (Lipinski definition) is 5. The molecule has 0 radical (unpaired) electrons. The first kappa shape index (κ1) is 23.1. The average Bonchev–Trinajstić information content (AvgIpc) is 2.99. The third kappa shape index (κ3) is 5.82. The van der Waals surface area contributed by atoms with Crippen LogP contribution in [0.3, 0.4) is 0 Å². The normalized spacial score (nSPS) is 17.4. The Morgan fingerprint density at radius 1 is 0.939 bits per heavy atom. The van der Waals surface area contributed by atoms with Gasteiger partial charge in [0, 0.05) is 69.0 Å². The molecule has 3 heterocycles. The summed E-state index contributed by atoms with van der Waals surface area (Å²) in [5.74, 6) is 1.39. The molecule has 0 bridgehead atoms. The summed E-state index contributed by atoms with van der Waals surface area (Å²) in [5.41, 5.74) is 4.59. The van der Waals surface area contributed by atoms with E-state index in [0.717, 1.165) is 61.7 Å². The molecule has 1 atom stereocenters. The topological polar surface area (TPSA) is 62.2 Å². The minimum Gasteiger partial charge on any atom is -0.341 e. The second kappa shape index (κ2) is 10.7. The van der Waals surface area contributed by atoms with Gasteiger partial charge in [0.15, 0.2) is 0 Å². The van der Waals surface area contributed by atoms with Crippen molar-refractivity contribution in [3.63, 3.8) is 0 Å². The lowest BCUT2D eigenvalue weighted by Crippen LogP contribution is -2.37. The summed E-state index contributed by atoms with van der Waals surface area (Å²) in [5, 5.41) is 0. The van der Waals surface area contributed by atoms with Crippen molar-refractivity contribution in [1.82, 2.24) is 24.8 Å². The van der Waals surface area contributed by atoms with Gasteiger partial charge in [-0.05, 0) is 42.2 Å². The van der Waals surface area contributed by atoms with Gasteiger partial charge in [-0.1, -0.05) is 38.1 Å². The summed E-state index contributed by atoms with van der Waals surface area (Å²) >= 11 is 0. The lowest BCUT2D eigenvalue weighted by Gasteiger charge is -2.23. The van der Waals surface area contributed by atoms with Crippen LogP contribution in [-0.4, -0.2) is 56.8 Å². The Morgan fingerprint density at radius 2 is 1.61 bits per heavy atom. The fourth-order valence-corrected chi connectivity index (χ4v) is 4.39. The number of amides is 1. The van der Waals surface area contributed by atoms with Crippen molar-refractivity contribution in [3.8, 4) is 11.1 Å². The molecule has 0 unspecified atom stereocenters. The molecule has 0 spiro atoms. The highest BCUT2D eigenvalue weighted by molar-refractivity contribution is 5.79. The van der Waals surface area contributed by atoms with Gasteiger partial charge in [0.1, 0.15) is 5.82 Å². The smallest absolute Gasteiger partial charge is 0.227 e. The average molecular weight is 444 g/mol. The van der Waals surface area contributed by atoms with Gasteiger partial charge in [-0.15, -0.1) is 0 Å². The number of rotatable bonds is 7. The molecule has 6 heteroatoms. The van der Waals surface area contributed by atoms with E-state index in [1.807, 2.05) is 41.8 Å². The van der Waals surface area contributed by atoms with Crippen molar-refractivity contribution < 1.29 is 4.79 Å². The van der Waals surface area contributed by atoms with Crippen molar-refractivity contribution in [2.24, 2.45) is 5.92 Å². The van der Waals surface area contributed by atoms with Crippen LogP contribution in [0.5, 0.6) is 0 Å². The molecule has 1 fully saturated rings. The second-order valence-corrected chi connectivity index (χ2v) is 9.09. The number of aromatic nitrogens is 3. The molecular weight excluding hydrogens is 410 g/mol. The molecule has 6 nitrogen and oxygen atoms in total. The quantitative estimate of drug-likeness (QED) is 0.548. The van der Waals surface area contributed by atoms with Crippen LogP contribution in [0.4, 0.5) is 0 Å². The van der Waals surface area contributed by atoms with Crippen molar-refractivity contribution >= 4 is 5.91 Å². The Morgan fingerprint density at radius 3 is 2.24 bits per heavy atom. The Hall–Kier alpha value is -3.12. The molecule has 0 N–H and O–H groups in total. The predicted octanol–water partition coefficient (Wildman–Crippen LogP) is 4.19. The highest BCUT2D eigenvalue weighted by Crippen LogP contribution is 2.22. The number of carbonyl (C=O) groups excluding carboxylic acids is 1. The molecule has 0 aliphatic carbocycles. The zero-order valence-electron chi connectivity index (χ0n) is 19.8. The van der Waals surface area contributed by atoms with Gasteiger partial charge in [-0.2, -0.15) is 0 Å². The lowest BCUT2D eigenvalue weighted by atomic mass is 9.95. The Bertz CT molecular complexity index is 1030. The maximum absolute atomic E-state index is 13.3. The molecule has 1 saturated heterocycles. The second-order valence-electron chi connectivity index (χ2n) is 9.09.